The predicted molar refractivity (Wildman–Crippen MR) is 79.1 cm³/mol. The number of rotatable bonds is 2. The molecule has 0 unspecified atom stereocenters. The standard InChI is InChI=1S/C17H13NO2/c1-12-18-16(17(19)20-12)11-14-9-5-6-10-15(14)13-7-3-2-4-8-13/h2-11H,1H3. The molecule has 0 spiro atoms. The maximum atomic E-state index is 11.6. The highest BCUT2D eigenvalue weighted by Crippen LogP contribution is 2.26. The summed E-state index contributed by atoms with van der Waals surface area (Å²) in [4.78, 5) is 15.7. The zero-order chi connectivity index (χ0) is 13.9. The van der Waals surface area contributed by atoms with Gasteiger partial charge in [0.05, 0.1) is 0 Å². The second kappa shape index (κ2) is 5.13. The van der Waals surface area contributed by atoms with Crippen molar-refractivity contribution in [2.24, 2.45) is 4.99 Å². The zero-order valence-electron chi connectivity index (χ0n) is 11.0. The average molecular weight is 263 g/mol. The number of carbonyl (C=O) groups is 1. The van der Waals surface area contributed by atoms with Gasteiger partial charge in [0.2, 0.25) is 0 Å². The van der Waals surface area contributed by atoms with Crippen LogP contribution in [0.25, 0.3) is 17.2 Å². The van der Waals surface area contributed by atoms with Gasteiger partial charge in [0, 0.05) is 6.92 Å². The van der Waals surface area contributed by atoms with Crippen LogP contribution in [0.4, 0.5) is 0 Å². The van der Waals surface area contributed by atoms with Gasteiger partial charge < -0.3 is 4.74 Å². The van der Waals surface area contributed by atoms with Gasteiger partial charge in [0.1, 0.15) is 0 Å². The maximum Gasteiger partial charge on any atom is 0.363 e. The van der Waals surface area contributed by atoms with Gasteiger partial charge in [0.25, 0.3) is 0 Å². The number of benzene rings is 2. The molecule has 0 radical (unpaired) electrons. The summed E-state index contributed by atoms with van der Waals surface area (Å²) in [7, 11) is 0. The summed E-state index contributed by atoms with van der Waals surface area (Å²) in [5, 5.41) is 0. The Hall–Kier alpha value is -2.68. The molecule has 0 aliphatic carbocycles. The van der Waals surface area contributed by atoms with E-state index in [0.717, 1.165) is 16.7 Å². The number of nitrogens with zero attached hydrogens (tertiary/aromatic N) is 1. The molecular weight excluding hydrogens is 250 g/mol. The van der Waals surface area contributed by atoms with E-state index in [0.29, 0.717) is 11.6 Å². The Balaban J connectivity index is 2.08. The summed E-state index contributed by atoms with van der Waals surface area (Å²) in [5.41, 5.74) is 3.45. The highest BCUT2D eigenvalue weighted by molar-refractivity contribution is 6.06. The normalized spacial score (nSPS) is 16.1. The molecule has 0 bridgehead atoms. The van der Waals surface area contributed by atoms with Crippen LogP contribution in [0.3, 0.4) is 0 Å². The molecule has 1 heterocycles. The lowest BCUT2D eigenvalue weighted by Gasteiger charge is -2.06. The molecule has 0 aromatic heterocycles. The van der Waals surface area contributed by atoms with Gasteiger partial charge >= 0.3 is 5.97 Å². The molecule has 3 heteroatoms. The molecule has 0 saturated carbocycles. The Morgan fingerprint density at radius 3 is 2.40 bits per heavy atom. The van der Waals surface area contributed by atoms with Crippen LogP contribution in [0.15, 0.2) is 65.3 Å². The SMILES string of the molecule is CC1=NC(=Cc2ccccc2-c2ccccc2)C(=O)O1. The third kappa shape index (κ3) is 2.38. The fraction of sp³-hybridized carbons (Fsp3) is 0.0588. The first-order valence-electron chi connectivity index (χ1n) is 6.37. The van der Waals surface area contributed by atoms with E-state index in [4.69, 9.17) is 4.74 Å². The molecule has 0 atom stereocenters. The Morgan fingerprint density at radius 1 is 1.00 bits per heavy atom. The maximum absolute atomic E-state index is 11.6. The average Bonchev–Trinajstić information content (AvgIpc) is 2.78. The summed E-state index contributed by atoms with van der Waals surface area (Å²) in [6.45, 7) is 1.67. The van der Waals surface area contributed by atoms with E-state index in [-0.39, 0.29) is 0 Å². The van der Waals surface area contributed by atoms with Gasteiger partial charge in [0.15, 0.2) is 11.6 Å². The molecule has 0 N–H and O–H groups in total. The van der Waals surface area contributed by atoms with E-state index in [1.807, 2.05) is 54.6 Å². The molecule has 2 aromatic rings. The van der Waals surface area contributed by atoms with E-state index in [1.165, 1.54) is 0 Å². The van der Waals surface area contributed by atoms with Crippen LogP contribution in [-0.4, -0.2) is 11.9 Å². The largest absolute Gasteiger partial charge is 0.407 e. The fourth-order valence-electron chi connectivity index (χ4n) is 2.17. The van der Waals surface area contributed by atoms with Crippen molar-refractivity contribution in [1.29, 1.82) is 0 Å². The van der Waals surface area contributed by atoms with Crippen molar-refractivity contribution in [3.05, 3.63) is 65.9 Å². The zero-order valence-corrected chi connectivity index (χ0v) is 11.0. The highest BCUT2D eigenvalue weighted by Gasteiger charge is 2.20. The van der Waals surface area contributed by atoms with Crippen LogP contribution in [0.2, 0.25) is 0 Å². The summed E-state index contributed by atoms with van der Waals surface area (Å²) in [6, 6.07) is 18.0. The summed E-state index contributed by atoms with van der Waals surface area (Å²) in [6.07, 6.45) is 1.77. The van der Waals surface area contributed by atoms with Crippen LogP contribution in [0, 0.1) is 0 Å². The van der Waals surface area contributed by atoms with Crippen LogP contribution in [-0.2, 0) is 9.53 Å². The molecule has 1 aliphatic heterocycles. The molecule has 20 heavy (non-hydrogen) atoms. The first-order chi connectivity index (χ1) is 9.74. The first-order valence-corrected chi connectivity index (χ1v) is 6.37. The van der Waals surface area contributed by atoms with Crippen LogP contribution in [0.1, 0.15) is 12.5 Å². The number of carbonyl (C=O) groups excluding carboxylic acids is 1. The quantitative estimate of drug-likeness (QED) is 0.612. The highest BCUT2D eigenvalue weighted by atomic mass is 16.6. The monoisotopic (exact) mass is 263 g/mol. The van der Waals surface area contributed by atoms with Crippen molar-refractivity contribution in [2.45, 2.75) is 6.92 Å². The molecular formula is C17H13NO2. The molecule has 0 saturated heterocycles. The molecule has 98 valence electrons. The molecule has 3 rings (SSSR count). The van der Waals surface area contributed by atoms with Gasteiger partial charge in [-0.1, -0.05) is 54.6 Å². The van der Waals surface area contributed by atoms with Crippen molar-refractivity contribution in [2.75, 3.05) is 0 Å². The van der Waals surface area contributed by atoms with Crippen LogP contribution >= 0.6 is 0 Å². The number of hydrogen-bond acceptors (Lipinski definition) is 3. The topological polar surface area (TPSA) is 38.7 Å². The number of ether oxygens (including phenoxy) is 1. The Labute approximate surface area is 117 Å². The number of aliphatic imine (C=N–C) groups is 1. The van der Waals surface area contributed by atoms with E-state index < -0.39 is 5.97 Å². The Bertz CT molecular complexity index is 715. The van der Waals surface area contributed by atoms with E-state index >= 15 is 0 Å². The van der Waals surface area contributed by atoms with E-state index in [1.54, 1.807) is 13.0 Å². The predicted octanol–water partition coefficient (Wildman–Crippen LogP) is 3.67. The minimum absolute atomic E-state index is 0.339. The summed E-state index contributed by atoms with van der Waals surface area (Å²) in [5.74, 6) is -0.0104. The smallest absolute Gasteiger partial charge is 0.363 e. The van der Waals surface area contributed by atoms with Crippen LogP contribution < -0.4 is 0 Å². The second-order valence-corrected chi connectivity index (χ2v) is 4.50. The molecule has 1 aliphatic rings. The third-order valence-corrected chi connectivity index (χ3v) is 3.07. The van der Waals surface area contributed by atoms with Gasteiger partial charge in [-0.05, 0) is 22.8 Å². The third-order valence-electron chi connectivity index (χ3n) is 3.07. The lowest BCUT2D eigenvalue weighted by molar-refractivity contribution is -0.130. The lowest BCUT2D eigenvalue weighted by atomic mass is 9.99. The van der Waals surface area contributed by atoms with Crippen molar-refractivity contribution in [3.63, 3.8) is 0 Å². The first kappa shape index (κ1) is 12.4. The van der Waals surface area contributed by atoms with Crippen LogP contribution in [0.5, 0.6) is 0 Å². The van der Waals surface area contributed by atoms with Crippen molar-refractivity contribution < 1.29 is 9.53 Å². The van der Waals surface area contributed by atoms with Crippen molar-refractivity contribution >= 4 is 17.9 Å². The van der Waals surface area contributed by atoms with E-state index in [9.17, 15) is 4.79 Å². The number of cyclic esters (lactones) is 1. The summed E-state index contributed by atoms with van der Waals surface area (Å²) < 4.78 is 4.93. The number of hydrogen-bond donors (Lipinski definition) is 0. The Kier molecular flexibility index (Phi) is 3.17. The van der Waals surface area contributed by atoms with Crippen molar-refractivity contribution in [3.8, 4) is 11.1 Å². The molecule has 3 nitrogen and oxygen atoms in total. The number of esters is 1. The second-order valence-electron chi connectivity index (χ2n) is 4.50. The fourth-order valence-corrected chi connectivity index (χ4v) is 2.17. The van der Waals surface area contributed by atoms with Crippen molar-refractivity contribution in [1.82, 2.24) is 0 Å². The lowest BCUT2D eigenvalue weighted by Crippen LogP contribution is -2.00. The minimum atomic E-state index is -0.398. The molecule has 0 fully saturated rings. The Morgan fingerprint density at radius 2 is 1.70 bits per heavy atom. The summed E-state index contributed by atoms with van der Waals surface area (Å²) >= 11 is 0. The van der Waals surface area contributed by atoms with Gasteiger partial charge in [-0.15, -0.1) is 0 Å². The molecule has 0 amide bonds. The minimum Gasteiger partial charge on any atom is -0.407 e. The van der Waals surface area contributed by atoms with Gasteiger partial charge in [-0.25, -0.2) is 9.79 Å². The molecule has 2 aromatic carbocycles. The van der Waals surface area contributed by atoms with Gasteiger partial charge in [-0.2, -0.15) is 0 Å². The van der Waals surface area contributed by atoms with E-state index in [2.05, 4.69) is 4.99 Å². The van der Waals surface area contributed by atoms with Gasteiger partial charge in [-0.3, -0.25) is 0 Å².